The summed E-state index contributed by atoms with van der Waals surface area (Å²) in [6.45, 7) is 2.01. The Morgan fingerprint density at radius 2 is 1.51 bits per heavy atom. The number of nitrogens with one attached hydrogen (secondary N) is 1. The first-order chi connectivity index (χ1) is 16.9. The number of amides is 2. The molecule has 2 aromatic carbocycles. The predicted molar refractivity (Wildman–Crippen MR) is 134 cm³/mol. The molecule has 2 aromatic rings. The summed E-state index contributed by atoms with van der Waals surface area (Å²) in [5.41, 5.74) is 1.02. The second-order valence-corrected chi connectivity index (χ2v) is 11.0. The van der Waals surface area contributed by atoms with Crippen LogP contribution >= 0.6 is 0 Å². The van der Waals surface area contributed by atoms with Gasteiger partial charge in [0.25, 0.3) is 5.91 Å². The highest BCUT2D eigenvalue weighted by Gasteiger charge is 2.32. The number of ether oxygens (including phenoxy) is 1. The first kappa shape index (κ1) is 25.2. The van der Waals surface area contributed by atoms with Crippen LogP contribution in [0.3, 0.4) is 0 Å². The van der Waals surface area contributed by atoms with E-state index in [-0.39, 0.29) is 35.7 Å². The van der Waals surface area contributed by atoms with Crippen molar-refractivity contribution in [2.45, 2.75) is 43.4 Å². The van der Waals surface area contributed by atoms with Gasteiger partial charge in [-0.1, -0.05) is 25.0 Å². The summed E-state index contributed by atoms with van der Waals surface area (Å²) in [7, 11) is -2.10. The van der Waals surface area contributed by atoms with Crippen molar-refractivity contribution in [2.24, 2.45) is 5.92 Å². The number of carbonyl (C=O) groups is 2. The summed E-state index contributed by atoms with van der Waals surface area (Å²) in [6, 6.07) is 13.4. The fourth-order valence-corrected chi connectivity index (χ4v) is 6.18. The molecule has 0 spiro atoms. The Balaban J connectivity index is 1.38. The highest BCUT2D eigenvalue weighted by molar-refractivity contribution is 7.89. The summed E-state index contributed by atoms with van der Waals surface area (Å²) in [5, 5.41) is 2.95. The highest BCUT2D eigenvalue weighted by atomic mass is 32.2. The Kier molecular flexibility index (Phi) is 8.07. The quantitative estimate of drug-likeness (QED) is 0.653. The van der Waals surface area contributed by atoms with Gasteiger partial charge >= 0.3 is 0 Å². The summed E-state index contributed by atoms with van der Waals surface area (Å²) in [4.78, 5) is 28.3. The molecular weight excluding hydrogens is 466 g/mol. The molecule has 2 heterocycles. The van der Waals surface area contributed by atoms with Crippen LogP contribution in [0.25, 0.3) is 0 Å². The van der Waals surface area contributed by atoms with Crippen LogP contribution in [0.4, 0.5) is 5.69 Å². The SMILES string of the molecule is COc1ccc(S(=O)(=O)N2CCC(C(=O)Nc3ccccc3C(=O)N3CCCCCC3)CC2)cc1. The van der Waals surface area contributed by atoms with Gasteiger partial charge in [-0.3, -0.25) is 9.59 Å². The van der Waals surface area contributed by atoms with Crippen LogP contribution in [0.2, 0.25) is 0 Å². The number of anilines is 1. The van der Waals surface area contributed by atoms with Crippen molar-refractivity contribution in [3.05, 3.63) is 54.1 Å². The molecular formula is C26H33N3O5S. The van der Waals surface area contributed by atoms with E-state index in [9.17, 15) is 18.0 Å². The Bertz CT molecular complexity index is 1130. The van der Waals surface area contributed by atoms with E-state index in [1.807, 2.05) is 11.0 Å². The van der Waals surface area contributed by atoms with Crippen LogP contribution < -0.4 is 10.1 Å². The third-order valence-electron chi connectivity index (χ3n) is 6.83. The molecule has 188 valence electrons. The second-order valence-electron chi connectivity index (χ2n) is 9.10. The van der Waals surface area contributed by atoms with Gasteiger partial charge in [-0.2, -0.15) is 4.31 Å². The molecule has 2 saturated heterocycles. The van der Waals surface area contributed by atoms with Gasteiger partial charge in [0.15, 0.2) is 0 Å². The average molecular weight is 500 g/mol. The van der Waals surface area contributed by atoms with E-state index >= 15 is 0 Å². The highest BCUT2D eigenvalue weighted by Crippen LogP contribution is 2.27. The molecule has 8 nitrogen and oxygen atoms in total. The number of hydrogen-bond acceptors (Lipinski definition) is 5. The van der Waals surface area contributed by atoms with E-state index < -0.39 is 10.0 Å². The lowest BCUT2D eigenvalue weighted by Gasteiger charge is -2.30. The minimum atomic E-state index is -3.63. The summed E-state index contributed by atoms with van der Waals surface area (Å²) < 4.78 is 32.5. The predicted octanol–water partition coefficient (Wildman–Crippen LogP) is 3.75. The Morgan fingerprint density at radius 3 is 2.14 bits per heavy atom. The molecule has 0 aliphatic carbocycles. The fraction of sp³-hybridized carbons (Fsp3) is 0.462. The van der Waals surface area contributed by atoms with Crippen molar-refractivity contribution in [1.29, 1.82) is 0 Å². The summed E-state index contributed by atoms with van der Waals surface area (Å²) >= 11 is 0. The van der Waals surface area contributed by atoms with Crippen molar-refractivity contribution in [1.82, 2.24) is 9.21 Å². The van der Waals surface area contributed by atoms with Gasteiger partial charge in [-0.25, -0.2) is 8.42 Å². The van der Waals surface area contributed by atoms with Crippen LogP contribution in [0, 0.1) is 5.92 Å². The first-order valence-electron chi connectivity index (χ1n) is 12.2. The molecule has 2 aliphatic rings. The number of rotatable bonds is 6. The number of para-hydroxylation sites is 1. The smallest absolute Gasteiger partial charge is 0.255 e. The van der Waals surface area contributed by atoms with Gasteiger partial charge in [-0.05, 0) is 62.1 Å². The van der Waals surface area contributed by atoms with Crippen LogP contribution in [-0.2, 0) is 14.8 Å². The number of benzene rings is 2. The van der Waals surface area contributed by atoms with Crippen LogP contribution in [0.15, 0.2) is 53.4 Å². The lowest BCUT2D eigenvalue weighted by molar-refractivity contribution is -0.120. The minimum absolute atomic E-state index is 0.0526. The zero-order chi connectivity index (χ0) is 24.8. The number of likely N-dealkylation sites (tertiary alicyclic amines) is 1. The molecule has 9 heteroatoms. The number of sulfonamides is 1. The molecule has 0 aromatic heterocycles. The van der Waals surface area contributed by atoms with Crippen molar-refractivity contribution < 1.29 is 22.7 Å². The van der Waals surface area contributed by atoms with Gasteiger partial charge in [0.2, 0.25) is 15.9 Å². The lowest BCUT2D eigenvalue weighted by atomic mass is 9.97. The third-order valence-corrected chi connectivity index (χ3v) is 8.74. The molecule has 35 heavy (non-hydrogen) atoms. The standard InChI is InChI=1S/C26H33N3O5S/c1-34-21-10-12-22(13-11-21)35(32,33)29-18-14-20(15-19-29)25(30)27-24-9-5-4-8-23(24)26(31)28-16-6-2-3-7-17-28/h4-5,8-13,20H,2-3,6-7,14-19H2,1H3,(H,27,30). The summed E-state index contributed by atoms with van der Waals surface area (Å²) in [6.07, 6.45) is 5.10. The van der Waals surface area contributed by atoms with Crippen LogP contribution in [0.1, 0.15) is 48.9 Å². The van der Waals surface area contributed by atoms with Crippen LogP contribution in [-0.4, -0.2) is 62.7 Å². The molecule has 0 bridgehead atoms. The van der Waals surface area contributed by atoms with Crippen molar-refractivity contribution in [2.75, 3.05) is 38.6 Å². The van der Waals surface area contributed by atoms with Crippen LogP contribution in [0.5, 0.6) is 5.75 Å². The van der Waals surface area contributed by atoms with E-state index in [0.717, 1.165) is 38.8 Å². The number of hydrogen-bond donors (Lipinski definition) is 1. The molecule has 4 rings (SSSR count). The molecule has 0 atom stereocenters. The maximum atomic E-state index is 13.2. The van der Waals surface area contributed by atoms with E-state index in [2.05, 4.69) is 5.32 Å². The van der Waals surface area contributed by atoms with E-state index in [4.69, 9.17) is 4.74 Å². The number of piperidine rings is 1. The van der Waals surface area contributed by atoms with Crippen molar-refractivity contribution in [3.8, 4) is 5.75 Å². The normalized spacial score (nSPS) is 18.0. The van der Waals surface area contributed by atoms with Crippen molar-refractivity contribution >= 4 is 27.5 Å². The van der Waals surface area contributed by atoms with Gasteiger partial charge in [0.05, 0.1) is 23.3 Å². The minimum Gasteiger partial charge on any atom is -0.497 e. The van der Waals surface area contributed by atoms with E-state index in [1.165, 1.54) is 23.5 Å². The molecule has 0 unspecified atom stereocenters. The Hall–Kier alpha value is -2.91. The molecule has 0 saturated carbocycles. The molecule has 2 amide bonds. The van der Waals surface area contributed by atoms with Gasteiger partial charge in [0, 0.05) is 32.1 Å². The monoisotopic (exact) mass is 499 g/mol. The van der Waals surface area contributed by atoms with Gasteiger partial charge in [-0.15, -0.1) is 0 Å². The molecule has 2 fully saturated rings. The zero-order valence-corrected chi connectivity index (χ0v) is 20.9. The lowest BCUT2D eigenvalue weighted by Crippen LogP contribution is -2.41. The second kappa shape index (κ2) is 11.2. The third kappa shape index (κ3) is 5.85. The van der Waals surface area contributed by atoms with Gasteiger partial charge in [0.1, 0.15) is 5.75 Å². The number of carbonyl (C=O) groups excluding carboxylic acids is 2. The summed E-state index contributed by atoms with van der Waals surface area (Å²) in [5.74, 6) is 0.0402. The molecule has 1 N–H and O–H groups in total. The zero-order valence-electron chi connectivity index (χ0n) is 20.1. The maximum Gasteiger partial charge on any atom is 0.255 e. The molecule has 0 radical (unpaired) electrons. The number of methoxy groups -OCH3 is 1. The largest absolute Gasteiger partial charge is 0.497 e. The Labute approximate surface area is 207 Å². The van der Waals surface area contributed by atoms with Crippen molar-refractivity contribution in [3.63, 3.8) is 0 Å². The number of nitrogens with zero attached hydrogens (tertiary/aromatic N) is 2. The van der Waals surface area contributed by atoms with E-state index in [0.29, 0.717) is 29.8 Å². The van der Waals surface area contributed by atoms with Gasteiger partial charge < -0.3 is 15.0 Å². The first-order valence-corrected chi connectivity index (χ1v) is 13.7. The Morgan fingerprint density at radius 1 is 0.886 bits per heavy atom. The fourth-order valence-electron chi connectivity index (χ4n) is 4.71. The molecule has 2 aliphatic heterocycles. The topological polar surface area (TPSA) is 96.0 Å². The maximum absolute atomic E-state index is 13.2. The average Bonchev–Trinajstić information content (AvgIpc) is 3.18. The van der Waals surface area contributed by atoms with E-state index in [1.54, 1.807) is 30.3 Å².